The van der Waals surface area contributed by atoms with Gasteiger partial charge in [0, 0.05) is 12.2 Å². The summed E-state index contributed by atoms with van der Waals surface area (Å²) in [5, 5.41) is 8.64. The minimum absolute atomic E-state index is 0.183. The van der Waals surface area contributed by atoms with Crippen molar-refractivity contribution in [3.05, 3.63) is 46.8 Å². The lowest BCUT2D eigenvalue weighted by Gasteiger charge is -1.97. The maximum atomic E-state index is 8.64. The van der Waals surface area contributed by atoms with Crippen LogP contribution in [-0.4, -0.2) is 11.7 Å². The van der Waals surface area contributed by atoms with Crippen molar-refractivity contribution in [1.29, 1.82) is 0 Å². The molecule has 0 atom stereocenters. The third-order valence-corrected chi connectivity index (χ3v) is 1.69. The standard InChI is InChI=1S/C10H11NO/c1-11-8-10-4-2-9(3-5-10)6-7-12/h2-5,12H,6-8H2. The molecule has 0 unspecified atom stereocenters. The van der Waals surface area contributed by atoms with Gasteiger partial charge in [0.25, 0.3) is 0 Å². The maximum Gasteiger partial charge on any atom is 0.239 e. The summed E-state index contributed by atoms with van der Waals surface area (Å²) in [6, 6.07) is 7.78. The second kappa shape index (κ2) is 4.53. The highest BCUT2D eigenvalue weighted by Crippen LogP contribution is 2.05. The second-order valence-corrected chi connectivity index (χ2v) is 2.61. The van der Waals surface area contributed by atoms with Gasteiger partial charge >= 0.3 is 0 Å². The Labute approximate surface area is 72.3 Å². The summed E-state index contributed by atoms with van der Waals surface area (Å²) in [5.41, 5.74) is 2.15. The summed E-state index contributed by atoms with van der Waals surface area (Å²) >= 11 is 0. The molecule has 0 aliphatic carbocycles. The Bertz CT molecular complexity index is 271. The summed E-state index contributed by atoms with van der Waals surface area (Å²) in [4.78, 5) is 3.28. The van der Waals surface area contributed by atoms with Crippen molar-refractivity contribution in [2.45, 2.75) is 13.0 Å². The van der Waals surface area contributed by atoms with Crippen LogP contribution in [0.3, 0.4) is 0 Å². The molecule has 1 rings (SSSR count). The van der Waals surface area contributed by atoms with Crippen LogP contribution in [0, 0.1) is 6.57 Å². The van der Waals surface area contributed by atoms with Gasteiger partial charge in [-0.25, -0.2) is 6.57 Å². The number of benzene rings is 1. The average molecular weight is 161 g/mol. The van der Waals surface area contributed by atoms with E-state index in [1.54, 1.807) is 0 Å². The van der Waals surface area contributed by atoms with Crippen LogP contribution in [0.5, 0.6) is 0 Å². The fourth-order valence-corrected chi connectivity index (χ4v) is 1.03. The van der Waals surface area contributed by atoms with Crippen LogP contribution in [0.1, 0.15) is 11.1 Å². The lowest BCUT2D eigenvalue weighted by atomic mass is 10.1. The van der Waals surface area contributed by atoms with Crippen molar-refractivity contribution in [2.24, 2.45) is 0 Å². The molecule has 0 radical (unpaired) electrons. The summed E-state index contributed by atoms with van der Waals surface area (Å²) in [6.45, 7) is 7.29. The molecule has 0 saturated heterocycles. The summed E-state index contributed by atoms with van der Waals surface area (Å²) < 4.78 is 0. The third-order valence-electron chi connectivity index (χ3n) is 1.69. The Morgan fingerprint density at radius 3 is 2.25 bits per heavy atom. The molecule has 0 bridgehead atoms. The number of hydrogen-bond acceptors (Lipinski definition) is 1. The lowest BCUT2D eigenvalue weighted by Crippen LogP contribution is -1.90. The predicted octanol–water partition coefficient (Wildman–Crippen LogP) is 1.64. The van der Waals surface area contributed by atoms with E-state index >= 15 is 0 Å². The molecule has 0 amide bonds. The molecule has 1 N–H and O–H groups in total. The Balaban J connectivity index is 2.66. The van der Waals surface area contributed by atoms with E-state index in [4.69, 9.17) is 11.7 Å². The van der Waals surface area contributed by atoms with Crippen molar-refractivity contribution in [3.63, 3.8) is 0 Å². The molecule has 2 nitrogen and oxygen atoms in total. The van der Waals surface area contributed by atoms with Gasteiger partial charge in [0.05, 0.1) is 0 Å². The zero-order chi connectivity index (χ0) is 8.81. The van der Waals surface area contributed by atoms with Gasteiger partial charge in [0.1, 0.15) is 0 Å². The predicted molar refractivity (Wildman–Crippen MR) is 47.5 cm³/mol. The molecule has 1 aromatic rings. The molecule has 1 aromatic carbocycles. The average Bonchev–Trinajstić information content (AvgIpc) is 2.09. The van der Waals surface area contributed by atoms with Gasteiger partial charge in [-0.2, -0.15) is 0 Å². The number of aliphatic hydroxyl groups is 1. The van der Waals surface area contributed by atoms with Crippen LogP contribution in [0.2, 0.25) is 0 Å². The molecule has 12 heavy (non-hydrogen) atoms. The Kier molecular flexibility index (Phi) is 3.31. The number of nitrogens with zero attached hydrogens (tertiary/aromatic N) is 1. The SMILES string of the molecule is [C-]#[N+]Cc1ccc(CCO)cc1. The van der Waals surface area contributed by atoms with Gasteiger partial charge in [-0.1, -0.05) is 24.3 Å². The Morgan fingerprint density at radius 2 is 1.75 bits per heavy atom. The van der Waals surface area contributed by atoms with Gasteiger partial charge in [0.15, 0.2) is 0 Å². The van der Waals surface area contributed by atoms with E-state index in [-0.39, 0.29) is 6.61 Å². The van der Waals surface area contributed by atoms with Crippen LogP contribution in [0.15, 0.2) is 24.3 Å². The molecule has 0 aliphatic heterocycles. The summed E-state index contributed by atoms with van der Waals surface area (Å²) in [5.74, 6) is 0. The highest BCUT2D eigenvalue weighted by molar-refractivity contribution is 5.23. The van der Waals surface area contributed by atoms with E-state index in [0.29, 0.717) is 13.0 Å². The summed E-state index contributed by atoms with van der Waals surface area (Å²) in [6.07, 6.45) is 0.693. The minimum Gasteiger partial charge on any atom is -0.396 e. The second-order valence-electron chi connectivity index (χ2n) is 2.61. The monoisotopic (exact) mass is 161 g/mol. The van der Waals surface area contributed by atoms with E-state index in [1.165, 1.54) is 0 Å². The molecular weight excluding hydrogens is 150 g/mol. The highest BCUT2D eigenvalue weighted by atomic mass is 16.2. The fraction of sp³-hybridized carbons (Fsp3) is 0.300. The molecule has 0 fully saturated rings. The third kappa shape index (κ3) is 2.37. The van der Waals surface area contributed by atoms with E-state index in [2.05, 4.69) is 4.85 Å². The van der Waals surface area contributed by atoms with Crippen LogP contribution < -0.4 is 0 Å². The van der Waals surface area contributed by atoms with Gasteiger partial charge in [-0.3, -0.25) is 0 Å². The Morgan fingerprint density at radius 1 is 1.17 bits per heavy atom. The minimum atomic E-state index is 0.183. The molecule has 0 aliphatic rings. The van der Waals surface area contributed by atoms with Gasteiger partial charge in [-0.05, 0) is 12.0 Å². The van der Waals surface area contributed by atoms with Crippen molar-refractivity contribution in [1.82, 2.24) is 0 Å². The van der Waals surface area contributed by atoms with E-state index < -0.39 is 0 Å². The van der Waals surface area contributed by atoms with Gasteiger partial charge in [0.2, 0.25) is 6.54 Å². The highest BCUT2D eigenvalue weighted by Gasteiger charge is 1.94. The molecule has 0 aromatic heterocycles. The molecule has 0 saturated carbocycles. The van der Waals surface area contributed by atoms with E-state index in [9.17, 15) is 0 Å². The Hall–Kier alpha value is -1.33. The van der Waals surface area contributed by atoms with Crippen LogP contribution in [0.4, 0.5) is 0 Å². The van der Waals surface area contributed by atoms with Gasteiger partial charge in [-0.15, -0.1) is 0 Å². The zero-order valence-electron chi connectivity index (χ0n) is 6.83. The first-order valence-corrected chi connectivity index (χ1v) is 3.88. The fourth-order valence-electron chi connectivity index (χ4n) is 1.03. The molecule has 0 spiro atoms. The van der Waals surface area contributed by atoms with Crippen molar-refractivity contribution in [2.75, 3.05) is 6.61 Å². The van der Waals surface area contributed by atoms with Crippen LogP contribution in [0.25, 0.3) is 4.85 Å². The van der Waals surface area contributed by atoms with Crippen molar-refractivity contribution < 1.29 is 5.11 Å². The number of hydrogen-bond donors (Lipinski definition) is 1. The maximum absolute atomic E-state index is 8.64. The molecular formula is C10H11NO. The quantitative estimate of drug-likeness (QED) is 0.670. The molecule has 2 heteroatoms. The van der Waals surface area contributed by atoms with Crippen LogP contribution >= 0.6 is 0 Å². The first-order chi connectivity index (χ1) is 5.86. The van der Waals surface area contributed by atoms with Crippen LogP contribution in [-0.2, 0) is 13.0 Å². The number of rotatable bonds is 3. The molecule has 0 heterocycles. The first kappa shape index (κ1) is 8.76. The zero-order valence-corrected chi connectivity index (χ0v) is 6.83. The van der Waals surface area contributed by atoms with E-state index in [1.807, 2.05) is 24.3 Å². The first-order valence-electron chi connectivity index (χ1n) is 3.88. The van der Waals surface area contributed by atoms with Crippen molar-refractivity contribution >= 4 is 0 Å². The normalized spacial score (nSPS) is 9.33. The van der Waals surface area contributed by atoms with E-state index in [0.717, 1.165) is 11.1 Å². The lowest BCUT2D eigenvalue weighted by molar-refractivity contribution is 0.299. The summed E-state index contributed by atoms with van der Waals surface area (Å²) in [7, 11) is 0. The largest absolute Gasteiger partial charge is 0.396 e. The smallest absolute Gasteiger partial charge is 0.239 e. The van der Waals surface area contributed by atoms with Gasteiger partial charge < -0.3 is 9.95 Å². The topological polar surface area (TPSA) is 24.6 Å². The molecule has 62 valence electrons. The van der Waals surface area contributed by atoms with Crippen molar-refractivity contribution in [3.8, 4) is 0 Å². The number of aliphatic hydroxyl groups excluding tert-OH is 1.